The third-order valence-corrected chi connectivity index (χ3v) is 5.89. The molecule has 4 nitrogen and oxygen atoms in total. The van der Waals surface area contributed by atoms with Gasteiger partial charge in [-0.25, -0.2) is 8.78 Å². The van der Waals surface area contributed by atoms with E-state index in [1.54, 1.807) is 29.2 Å². The average Bonchev–Trinajstić information content (AvgIpc) is 2.85. The van der Waals surface area contributed by atoms with Gasteiger partial charge in [0.2, 0.25) is 11.6 Å². The maximum atomic E-state index is 13.7. The molecule has 9 heteroatoms. The van der Waals surface area contributed by atoms with E-state index in [0.717, 1.165) is 25.2 Å². The van der Waals surface area contributed by atoms with Crippen LogP contribution in [0.5, 0.6) is 5.75 Å². The zero-order valence-electron chi connectivity index (χ0n) is 18.0. The fourth-order valence-corrected chi connectivity index (χ4v) is 3.84. The van der Waals surface area contributed by atoms with Crippen molar-refractivity contribution in [3.8, 4) is 5.75 Å². The molecule has 1 heterocycles. The lowest BCUT2D eigenvalue weighted by atomic mass is 10.1. The second-order valence-electron chi connectivity index (χ2n) is 7.98. The zero-order chi connectivity index (χ0) is 24.2. The normalized spacial score (nSPS) is 14.3. The van der Waals surface area contributed by atoms with E-state index in [9.17, 15) is 22.4 Å². The van der Waals surface area contributed by atoms with E-state index in [4.69, 9.17) is 16.3 Å². The van der Waals surface area contributed by atoms with Crippen LogP contribution < -0.4 is 4.74 Å². The first kappa shape index (κ1) is 24.0. The number of amides is 1. The molecule has 0 saturated carbocycles. The van der Waals surface area contributed by atoms with Crippen LogP contribution in [0.25, 0.3) is 0 Å². The van der Waals surface area contributed by atoms with Crippen LogP contribution in [0.1, 0.15) is 21.5 Å². The highest BCUT2D eigenvalue weighted by Crippen LogP contribution is 2.27. The Kier molecular flexibility index (Phi) is 7.38. The molecule has 3 aromatic carbocycles. The molecule has 0 aliphatic carbocycles. The number of halogens is 5. The van der Waals surface area contributed by atoms with Gasteiger partial charge in [0.05, 0.1) is 0 Å². The van der Waals surface area contributed by atoms with Gasteiger partial charge in [-0.1, -0.05) is 35.9 Å². The number of hydrogen-bond acceptors (Lipinski definition) is 3. The lowest BCUT2D eigenvalue weighted by Crippen LogP contribution is -2.48. The van der Waals surface area contributed by atoms with E-state index in [1.807, 2.05) is 24.3 Å². The Balaban J connectivity index is 1.31. The van der Waals surface area contributed by atoms with Gasteiger partial charge in [0, 0.05) is 49.4 Å². The van der Waals surface area contributed by atoms with E-state index in [1.165, 1.54) is 0 Å². The van der Waals surface area contributed by atoms with Crippen molar-refractivity contribution >= 4 is 17.5 Å². The predicted molar refractivity (Wildman–Crippen MR) is 120 cm³/mol. The van der Waals surface area contributed by atoms with Crippen molar-refractivity contribution in [2.24, 2.45) is 0 Å². The minimum absolute atomic E-state index is 0.120. The van der Waals surface area contributed by atoms with E-state index in [-0.39, 0.29) is 18.6 Å². The maximum absolute atomic E-state index is 13.7. The van der Waals surface area contributed by atoms with Gasteiger partial charge >= 0.3 is 0 Å². The smallest absolute Gasteiger partial charge is 0.253 e. The highest BCUT2D eigenvalue weighted by molar-refractivity contribution is 6.30. The van der Waals surface area contributed by atoms with Gasteiger partial charge in [-0.3, -0.25) is 9.69 Å². The van der Waals surface area contributed by atoms with Crippen molar-refractivity contribution in [2.45, 2.75) is 13.2 Å². The third-order valence-electron chi connectivity index (χ3n) is 5.63. The van der Waals surface area contributed by atoms with Crippen molar-refractivity contribution in [1.82, 2.24) is 9.80 Å². The second kappa shape index (κ2) is 10.4. The summed E-state index contributed by atoms with van der Waals surface area (Å²) in [4.78, 5) is 16.9. The first-order chi connectivity index (χ1) is 16.3. The molecule has 1 aliphatic rings. The second-order valence-corrected chi connectivity index (χ2v) is 8.41. The lowest BCUT2D eigenvalue weighted by Gasteiger charge is -2.34. The van der Waals surface area contributed by atoms with Crippen LogP contribution in [0.15, 0.2) is 54.6 Å². The summed E-state index contributed by atoms with van der Waals surface area (Å²) in [5.74, 6) is -7.51. The molecular weight excluding hydrogens is 472 g/mol. The molecule has 0 aromatic heterocycles. The Morgan fingerprint density at radius 2 is 1.38 bits per heavy atom. The number of rotatable bonds is 6. The summed E-state index contributed by atoms with van der Waals surface area (Å²) in [5.41, 5.74) is 2.10. The Morgan fingerprint density at radius 3 is 1.97 bits per heavy atom. The molecule has 4 rings (SSSR count). The van der Waals surface area contributed by atoms with Gasteiger partial charge in [0.15, 0.2) is 17.4 Å². The number of carbonyl (C=O) groups is 1. The fraction of sp³-hybridized carbons (Fsp3) is 0.240. The largest absolute Gasteiger partial charge is 0.483 e. The summed E-state index contributed by atoms with van der Waals surface area (Å²) in [7, 11) is 0. The van der Waals surface area contributed by atoms with E-state index in [2.05, 4.69) is 4.90 Å². The Hall–Kier alpha value is -3.10. The number of ether oxygens (including phenoxy) is 1. The molecule has 178 valence electrons. The molecule has 1 saturated heterocycles. The van der Waals surface area contributed by atoms with Crippen LogP contribution in [0.3, 0.4) is 0 Å². The minimum atomic E-state index is -1.60. The molecule has 34 heavy (non-hydrogen) atoms. The van der Waals surface area contributed by atoms with Crippen molar-refractivity contribution < 1.29 is 27.1 Å². The molecule has 0 radical (unpaired) electrons. The Morgan fingerprint density at radius 1 is 0.824 bits per heavy atom. The van der Waals surface area contributed by atoms with Crippen LogP contribution >= 0.6 is 11.6 Å². The zero-order valence-corrected chi connectivity index (χ0v) is 18.8. The van der Waals surface area contributed by atoms with E-state index < -0.39 is 29.0 Å². The number of carbonyl (C=O) groups excluding carboxylic acids is 1. The summed E-state index contributed by atoms with van der Waals surface area (Å²) < 4.78 is 59.0. The molecule has 0 N–H and O–H groups in total. The monoisotopic (exact) mass is 492 g/mol. The lowest BCUT2D eigenvalue weighted by molar-refractivity contribution is 0.0628. The third kappa shape index (κ3) is 5.51. The van der Waals surface area contributed by atoms with Gasteiger partial charge in [0.25, 0.3) is 5.91 Å². The summed E-state index contributed by atoms with van der Waals surface area (Å²) >= 11 is 5.92. The highest BCUT2D eigenvalue weighted by atomic mass is 35.5. The predicted octanol–water partition coefficient (Wildman–Crippen LogP) is 5.43. The van der Waals surface area contributed by atoms with Crippen molar-refractivity contribution in [3.05, 3.63) is 99.6 Å². The molecule has 0 atom stereocenters. The molecule has 0 unspecified atom stereocenters. The first-order valence-corrected chi connectivity index (χ1v) is 11.0. The molecule has 0 spiro atoms. The summed E-state index contributed by atoms with van der Waals surface area (Å²) in [6.07, 6.45) is 0. The van der Waals surface area contributed by atoms with Crippen LogP contribution in [-0.4, -0.2) is 41.9 Å². The molecular formula is C25H21ClF4N2O2. The van der Waals surface area contributed by atoms with Crippen molar-refractivity contribution in [1.29, 1.82) is 0 Å². The summed E-state index contributed by atoms with van der Waals surface area (Å²) in [5, 5.41) is 0.693. The summed E-state index contributed by atoms with van der Waals surface area (Å²) in [6.45, 7) is 3.10. The number of piperazine rings is 1. The maximum Gasteiger partial charge on any atom is 0.253 e. The number of hydrogen-bond donors (Lipinski definition) is 0. The van der Waals surface area contributed by atoms with Crippen molar-refractivity contribution in [3.63, 3.8) is 0 Å². The number of benzene rings is 3. The fourth-order valence-electron chi connectivity index (χ4n) is 3.72. The van der Waals surface area contributed by atoms with Gasteiger partial charge in [-0.2, -0.15) is 8.78 Å². The topological polar surface area (TPSA) is 32.8 Å². The van der Waals surface area contributed by atoms with Crippen molar-refractivity contribution in [2.75, 3.05) is 26.2 Å². The van der Waals surface area contributed by atoms with E-state index in [0.29, 0.717) is 29.2 Å². The Labute approximate surface area is 199 Å². The van der Waals surface area contributed by atoms with Crippen LogP contribution in [0.2, 0.25) is 5.02 Å². The van der Waals surface area contributed by atoms with Crippen LogP contribution in [0, 0.1) is 23.3 Å². The molecule has 1 amide bonds. The van der Waals surface area contributed by atoms with E-state index >= 15 is 0 Å². The minimum Gasteiger partial charge on any atom is -0.483 e. The molecule has 1 fully saturated rings. The molecule has 1 aliphatic heterocycles. The Bertz CT molecular complexity index is 1140. The summed E-state index contributed by atoms with van der Waals surface area (Å²) in [6, 6.07) is 14.1. The van der Waals surface area contributed by atoms with Gasteiger partial charge < -0.3 is 9.64 Å². The molecule has 0 bridgehead atoms. The van der Waals surface area contributed by atoms with Gasteiger partial charge in [-0.15, -0.1) is 0 Å². The first-order valence-electron chi connectivity index (χ1n) is 10.6. The standard InChI is InChI=1S/C25H21ClF4N2O2/c26-19-7-3-16(4-8-19)14-31-9-11-32(12-10-31)25(33)18-5-1-17(2-6-18)15-34-24-22(29)20(27)13-21(28)23(24)30/h1-8,13H,9-12,14-15H2. The van der Waals surface area contributed by atoms with Gasteiger partial charge in [-0.05, 0) is 35.4 Å². The quantitative estimate of drug-likeness (QED) is 0.340. The van der Waals surface area contributed by atoms with Gasteiger partial charge in [0.1, 0.15) is 6.61 Å². The molecule has 3 aromatic rings. The van der Waals surface area contributed by atoms with Crippen LogP contribution in [-0.2, 0) is 13.2 Å². The van der Waals surface area contributed by atoms with Crippen LogP contribution in [0.4, 0.5) is 17.6 Å². The number of nitrogens with zero attached hydrogens (tertiary/aromatic N) is 2. The average molecular weight is 493 g/mol. The highest BCUT2D eigenvalue weighted by Gasteiger charge is 2.23. The SMILES string of the molecule is O=C(c1ccc(COc2c(F)c(F)cc(F)c2F)cc1)N1CCN(Cc2ccc(Cl)cc2)CC1.